The third kappa shape index (κ3) is 6.89. The summed E-state index contributed by atoms with van der Waals surface area (Å²) >= 11 is 0. The Hall–Kier alpha value is -0.650. The van der Waals surface area contributed by atoms with Crippen molar-refractivity contribution in [3.8, 4) is 0 Å². The molecule has 0 aliphatic carbocycles. The Bertz CT molecular complexity index is 249. The molecule has 0 aromatic rings. The summed E-state index contributed by atoms with van der Waals surface area (Å²) in [6.07, 6.45) is 2.86. The average molecular weight is 274 g/mol. The Kier molecular flexibility index (Phi) is 9.83. The van der Waals surface area contributed by atoms with E-state index in [0.717, 1.165) is 45.5 Å². The van der Waals surface area contributed by atoms with Gasteiger partial charge in [0.15, 0.2) is 0 Å². The van der Waals surface area contributed by atoms with Crippen molar-refractivity contribution >= 4 is 5.97 Å². The number of carbonyl (C=O) groups is 1. The van der Waals surface area contributed by atoms with Gasteiger partial charge >= 0.3 is 5.97 Å². The number of rotatable bonds is 11. The highest BCUT2D eigenvalue weighted by Crippen LogP contribution is 2.15. The van der Waals surface area contributed by atoms with Crippen molar-refractivity contribution in [3.63, 3.8) is 0 Å². The van der Waals surface area contributed by atoms with Crippen LogP contribution in [0.4, 0.5) is 0 Å². The number of carbonyl (C=O) groups excluding carboxylic acids is 1. The summed E-state index contributed by atoms with van der Waals surface area (Å²) in [5, 5.41) is 3.06. The number of nitrogens with zero attached hydrogens (tertiary/aromatic N) is 1. The monoisotopic (exact) mass is 274 g/mol. The summed E-state index contributed by atoms with van der Waals surface area (Å²) < 4.78 is 9.92. The second kappa shape index (κ2) is 10.2. The van der Waals surface area contributed by atoms with Gasteiger partial charge in [-0.25, -0.2) is 0 Å². The standard InChI is InChI=1S/C14H30N2O3/c1-6-16(11-12-18-4)10-8-7-9-14(2,15-3)13(17)19-5/h15H,6-12H2,1-5H3. The minimum Gasteiger partial charge on any atom is -0.468 e. The van der Waals surface area contributed by atoms with Gasteiger partial charge in [0.1, 0.15) is 5.54 Å². The first-order valence-electron chi connectivity index (χ1n) is 7.02. The minimum absolute atomic E-state index is 0.193. The molecule has 0 aliphatic heterocycles. The molecule has 1 unspecified atom stereocenters. The summed E-state index contributed by atoms with van der Waals surface area (Å²) in [5.74, 6) is -0.193. The molecule has 0 radical (unpaired) electrons. The molecule has 1 atom stereocenters. The summed E-state index contributed by atoms with van der Waals surface area (Å²) in [6, 6.07) is 0. The van der Waals surface area contributed by atoms with Crippen LogP contribution in [-0.2, 0) is 14.3 Å². The van der Waals surface area contributed by atoms with Crippen LogP contribution in [0, 0.1) is 0 Å². The van der Waals surface area contributed by atoms with Crippen molar-refractivity contribution in [1.29, 1.82) is 0 Å². The fourth-order valence-electron chi connectivity index (χ4n) is 2.02. The third-order valence-corrected chi connectivity index (χ3v) is 3.65. The quantitative estimate of drug-likeness (QED) is 0.454. The van der Waals surface area contributed by atoms with E-state index in [0.29, 0.717) is 0 Å². The van der Waals surface area contributed by atoms with Gasteiger partial charge in [0, 0.05) is 13.7 Å². The second-order valence-corrected chi connectivity index (χ2v) is 4.96. The predicted octanol–water partition coefficient (Wildman–Crippen LogP) is 1.28. The first-order valence-corrected chi connectivity index (χ1v) is 7.02. The van der Waals surface area contributed by atoms with Gasteiger partial charge in [-0.15, -0.1) is 0 Å². The lowest BCUT2D eigenvalue weighted by atomic mass is 9.95. The van der Waals surface area contributed by atoms with E-state index in [1.807, 2.05) is 6.92 Å². The zero-order valence-electron chi connectivity index (χ0n) is 13.1. The molecule has 0 heterocycles. The highest BCUT2D eigenvalue weighted by atomic mass is 16.5. The summed E-state index contributed by atoms with van der Waals surface area (Å²) in [6.45, 7) is 7.85. The molecule has 0 amide bonds. The van der Waals surface area contributed by atoms with Crippen molar-refractivity contribution in [2.24, 2.45) is 0 Å². The normalized spacial score (nSPS) is 14.4. The van der Waals surface area contributed by atoms with Crippen LogP contribution in [0.25, 0.3) is 0 Å². The maximum absolute atomic E-state index is 11.7. The van der Waals surface area contributed by atoms with Gasteiger partial charge in [0.05, 0.1) is 13.7 Å². The van der Waals surface area contributed by atoms with Crippen molar-refractivity contribution in [3.05, 3.63) is 0 Å². The molecule has 0 rings (SSSR count). The van der Waals surface area contributed by atoms with Crippen molar-refractivity contribution < 1.29 is 14.3 Å². The number of likely N-dealkylation sites (N-methyl/N-ethyl adjacent to an activating group) is 2. The summed E-state index contributed by atoms with van der Waals surface area (Å²) in [5.41, 5.74) is -0.571. The Morgan fingerprint density at radius 3 is 2.42 bits per heavy atom. The average Bonchev–Trinajstić information content (AvgIpc) is 2.45. The zero-order valence-corrected chi connectivity index (χ0v) is 13.1. The van der Waals surface area contributed by atoms with Gasteiger partial charge in [-0.2, -0.15) is 0 Å². The fraction of sp³-hybridized carbons (Fsp3) is 0.929. The van der Waals surface area contributed by atoms with E-state index in [1.165, 1.54) is 7.11 Å². The van der Waals surface area contributed by atoms with E-state index in [-0.39, 0.29) is 5.97 Å². The maximum Gasteiger partial charge on any atom is 0.325 e. The van der Waals surface area contributed by atoms with E-state index in [9.17, 15) is 4.79 Å². The smallest absolute Gasteiger partial charge is 0.325 e. The summed E-state index contributed by atoms with van der Waals surface area (Å²) in [4.78, 5) is 14.0. The molecule has 0 saturated carbocycles. The molecule has 0 saturated heterocycles. The van der Waals surface area contributed by atoms with Gasteiger partial charge in [-0.1, -0.05) is 6.92 Å². The number of hydrogen-bond acceptors (Lipinski definition) is 5. The molecule has 114 valence electrons. The fourth-order valence-corrected chi connectivity index (χ4v) is 2.02. The molecule has 5 nitrogen and oxygen atoms in total. The number of hydrogen-bond donors (Lipinski definition) is 1. The molecule has 0 aliphatic rings. The lowest BCUT2D eigenvalue weighted by Gasteiger charge is -2.26. The van der Waals surface area contributed by atoms with Crippen LogP contribution in [0.15, 0.2) is 0 Å². The predicted molar refractivity (Wildman–Crippen MR) is 77.3 cm³/mol. The molecule has 0 fully saturated rings. The summed E-state index contributed by atoms with van der Waals surface area (Å²) in [7, 11) is 4.96. The maximum atomic E-state index is 11.7. The lowest BCUT2D eigenvalue weighted by Crippen LogP contribution is -2.48. The minimum atomic E-state index is -0.571. The van der Waals surface area contributed by atoms with E-state index in [1.54, 1.807) is 14.2 Å². The second-order valence-electron chi connectivity index (χ2n) is 4.96. The van der Waals surface area contributed by atoms with E-state index in [4.69, 9.17) is 9.47 Å². The molecule has 0 aromatic carbocycles. The van der Waals surface area contributed by atoms with E-state index >= 15 is 0 Å². The van der Waals surface area contributed by atoms with Crippen LogP contribution in [0.5, 0.6) is 0 Å². The largest absolute Gasteiger partial charge is 0.468 e. The SMILES string of the molecule is CCN(CCCCC(C)(NC)C(=O)OC)CCOC. The molecule has 0 spiro atoms. The first kappa shape index (κ1) is 18.4. The number of unbranched alkanes of at least 4 members (excludes halogenated alkanes) is 1. The third-order valence-electron chi connectivity index (χ3n) is 3.65. The zero-order chi connectivity index (χ0) is 14.7. The Balaban J connectivity index is 3.96. The molecule has 5 heteroatoms. The van der Waals surface area contributed by atoms with Gasteiger partial charge in [-0.3, -0.25) is 4.79 Å². The molecule has 1 N–H and O–H groups in total. The van der Waals surface area contributed by atoms with Crippen LogP contribution in [0.1, 0.15) is 33.1 Å². The van der Waals surface area contributed by atoms with E-state index < -0.39 is 5.54 Å². The molecule has 19 heavy (non-hydrogen) atoms. The van der Waals surface area contributed by atoms with Gasteiger partial charge in [0.2, 0.25) is 0 Å². The van der Waals surface area contributed by atoms with Crippen LogP contribution in [0.2, 0.25) is 0 Å². The highest BCUT2D eigenvalue weighted by molar-refractivity contribution is 5.80. The molecule has 0 aromatic heterocycles. The topological polar surface area (TPSA) is 50.8 Å². The van der Waals surface area contributed by atoms with Gasteiger partial charge < -0.3 is 19.7 Å². The van der Waals surface area contributed by atoms with Crippen molar-refractivity contribution in [2.75, 3.05) is 47.5 Å². The number of ether oxygens (including phenoxy) is 2. The Morgan fingerprint density at radius 1 is 1.26 bits per heavy atom. The van der Waals surface area contributed by atoms with Crippen LogP contribution in [-0.4, -0.2) is 63.9 Å². The Morgan fingerprint density at radius 2 is 1.95 bits per heavy atom. The van der Waals surface area contributed by atoms with Gasteiger partial charge in [0.25, 0.3) is 0 Å². The Labute approximate surface area is 117 Å². The van der Waals surface area contributed by atoms with E-state index in [2.05, 4.69) is 17.1 Å². The van der Waals surface area contributed by atoms with Gasteiger partial charge in [-0.05, 0) is 46.3 Å². The number of nitrogens with one attached hydrogen (secondary N) is 1. The highest BCUT2D eigenvalue weighted by Gasteiger charge is 2.31. The number of methoxy groups -OCH3 is 2. The van der Waals surface area contributed by atoms with Crippen molar-refractivity contribution in [1.82, 2.24) is 10.2 Å². The van der Waals surface area contributed by atoms with Crippen LogP contribution in [0.3, 0.4) is 0 Å². The van der Waals surface area contributed by atoms with Crippen molar-refractivity contribution in [2.45, 2.75) is 38.6 Å². The molecule has 0 bridgehead atoms. The number of esters is 1. The first-order chi connectivity index (χ1) is 9.03. The lowest BCUT2D eigenvalue weighted by molar-refractivity contribution is -0.148. The van der Waals surface area contributed by atoms with Crippen LogP contribution < -0.4 is 5.32 Å². The molecular weight excluding hydrogens is 244 g/mol. The molecular formula is C14H30N2O3. The van der Waals surface area contributed by atoms with Crippen LogP contribution >= 0.6 is 0 Å².